The molecule has 0 spiro atoms. The number of amides is 1. The Morgan fingerprint density at radius 2 is 2.22 bits per heavy atom. The van der Waals surface area contributed by atoms with E-state index in [2.05, 4.69) is 15.3 Å². The fraction of sp³-hybridized carbons (Fsp3) is 0.188. The highest BCUT2D eigenvalue weighted by molar-refractivity contribution is 5.96. The van der Waals surface area contributed by atoms with Crippen molar-refractivity contribution in [3.8, 4) is 0 Å². The summed E-state index contributed by atoms with van der Waals surface area (Å²) in [7, 11) is 1.29. The number of hydrogen-bond donors (Lipinski definition) is 2. The molecule has 0 saturated heterocycles. The number of carbonyl (C=O) groups is 2. The number of methoxy groups -OCH3 is 1. The number of carbonyl (C=O) groups excluding carboxylic acids is 2. The Bertz CT molecular complexity index is 823. The minimum atomic E-state index is -0.790. The van der Waals surface area contributed by atoms with E-state index < -0.39 is 12.0 Å². The number of hydrogen-bond acceptors (Lipinski definition) is 4. The fourth-order valence-corrected chi connectivity index (χ4v) is 2.43. The van der Waals surface area contributed by atoms with E-state index in [1.165, 1.54) is 13.4 Å². The summed E-state index contributed by atoms with van der Waals surface area (Å²) in [6.45, 7) is 0. The van der Waals surface area contributed by atoms with Crippen LogP contribution in [0.1, 0.15) is 16.2 Å². The van der Waals surface area contributed by atoms with Gasteiger partial charge in [-0.25, -0.2) is 9.78 Å². The highest BCUT2D eigenvalue weighted by Gasteiger charge is 2.24. The number of aromatic amines is 1. The van der Waals surface area contributed by atoms with E-state index in [1.54, 1.807) is 22.9 Å². The first-order valence-electron chi connectivity index (χ1n) is 7.11. The first-order valence-corrected chi connectivity index (χ1v) is 7.11. The molecule has 3 rings (SSSR count). The van der Waals surface area contributed by atoms with Crippen LogP contribution in [0.4, 0.5) is 0 Å². The van der Waals surface area contributed by atoms with Gasteiger partial charge >= 0.3 is 5.97 Å². The largest absolute Gasteiger partial charge is 0.467 e. The van der Waals surface area contributed by atoms with Gasteiger partial charge in [0.25, 0.3) is 5.91 Å². The Morgan fingerprint density at radius 1 is 1.35 bits per heavy atom. The van der Waals surface area contributed by atoms with Gasteiger partial charge in [0.15, 0.2) is 0 Å². The molecule has 3 aromatic rings. The molecule has 7 nitrogen and oxygen atoms in total. The van der Waals surface area contributed by atoms with E-state index in [0.717, 1.165) is 11.2 Å². The molecule has 3 aromatic heterocycles. The number of nitrogens with zero attached hydrogens (tertiary/aromatic N) is 2. The van der Waals surface area contributed by atoms with Crippen molar-refractivity contribution >= 4 is 17.4 Å². The molecule has 0 aliphatic carbocycles. The first-order chi connectivity index (χ1) is 11.2. The summed E-state index contributed by atoms with van der Waals surface area (Å²) in [5.74, 6) is -0.847. The summed E-state index contributed by atoms with van der Waals surface area (Å²) in [5.41, 5.74) is 2.10. The number of imidazole rings is 1. The Morgan fingerprint density at radius 3 is 2.96 bits per heavy atom. The van der Waals surface area contributed by atoms with Gasteiger partial charge in [0, 0.05) is 30.0 Å². The highest BCUT2D eigenvalue weighted by atomic mass is 16.5. The number of rotatable bonds is 5. The van der Waals surface area contributed by atoms with Crippen LogP contribution in [-0.2, 0) is 16.0 Å². The van der Waals surface area contributed by atoms with Crippen LogP contribution in [0.2, 0.25) is 0 Å². The molecule has 0 fully saturated rings. The summed E-state index contributed by atoms with van der Waals surface area (Å²) in [4.78, 5) is 31.3. The van der Waals surface area contributed by atoms with E-state index in [9.17, 15) is 9.59 Å². The van der Waals surface area contributed by atoms with Gasteiger partial charge in [-0.2, -0.15) is 0 Å². The van der Waals surface area contributed by atoms with Crippen LogP contribution >= 0.6 is 0 Å². The molecule has 0 bridgehead atoms. The summed E-state index contributed by atoms with van der Waals surface area (Å²) in [6.07, 6.45) is 5.20. The zero-order valence-corrected chi connectivity index (χ0v) is 12.5. The molecule has 0 radical (unpaired) electrons. The van der Waals surface area contributed by atoms with Gasteiger partial charge in [0.05, 0.1) is 13.4 Å². The van der Waals surface area contributed by atoms with Crippen molar-refractivity contribution in [2.45, 2.75) is 12.5 Å². The molecule has 118 valence electrons. The Hall–Kier alpha value is -3.09. The van der Waals surface area contributed by atoms with Crippen molar-refractivity contribution < 1.29 is 14.3 Å². The number of nitrogens with one attached hydrogen (secondary N) is 2. The van der Waals surface area contributed by atoms with Crippen molar-refractivity contribution in [2.75, 3.05) is 7.11 Å². The lowest BCUT2D eigenvalue weighted by molar-refractivity contribution is -0.142. The molecule has 0 aliphatic heterocycles. The van der Waals surface area contributed by atoms with Crippen molar-refractivity contribution in [3.05, 3.63) is 60.4 Å². The van der Waals surface area contributed by atoms with E-state index in [0.29, 0.717) is 5.69 Å². The summed E-state index contributed by atoms with van der Waals surface area (Å²) < 4.78 is 6.54. The van der Waals surface area contributed by atoms with Crippen molar-refractivity contribution in [1.29, 1.82) is 0 Å². The molecule has 0 saturated carbocycles. The fourth-order valence-electron chi connectivity index (χ4n) is 2.43. The molecule has 0 unspecified atom stereocenters. The summed E-state index contributed by atoms with van der Waals surface area (Å²) >= 11 is 0. The average molecular weight is 312 g/mol. The van der Waals surface area contributed by atoms with Crippen molar-refractivity contribution in [2.24, 2.45) is 0 Å². The van der Waals surface area contributed by atoms with Crippen molar-refractivity contribution in [3.63, 3.8) is 0 Å². The smallest absolute Gasteiger partial charge is 0.328 e. The van der Waals surface area contributed by atoms with Crippen LogP contribution in [0.5, 0.6) is 0 Å². The minimum Gasteiger partial charge on any atom is -0.467 e. The number of aromatic nitrogens is 3. The van der Waals surface area contributed by atoms with Crippen LogP contribution in [-0.4, -0.2) is 39.4 Å². The van der Waals surface area contributed by atoms with Crippen LogP contribution in [0.25, 0.3) is 5.52 Å². The maximum Gasteiger partial charge on any atom is 0.328 e. The van der Waals surface area contributed by atoms with Crippen molar-refractivity contribution in [1.82, 2.24) is 19.7 Å². The van der Waals surface area contributed by atoms with Crippen LogP contribution < -0.4 is 5.32 Å². The molecular weight excluding hydrogens is 296 g/mol. The van der Waals surface area contributed by atoms with Crippen LogP contribution in [0.15, 0.2) is 49.1 Å². The summed E-state index contributed by atoms with van der Waals surface area (Å²) in [6, 6.07) is 8.41. The molecule has 3 heterocycles. The molecule has 1 amide bonds. The lowest BCUT2D eigenvalue weighted by atomic mass is 10.1. The second kappa shape index (κ2) is 6.35. The van der Waals surface area contributed by atoms with E-state index in [4.69, 9.17) is 4.74 Å². The zero-order chi connectivity index (χ0) is 16.2. The van der Waals surface area contributed by atoms with Gasteiger partial charge in [0.1, 0.15) is 11.7 Å². The second-order valence-corrected chi connectivity index (χ2v) is 5.04. The zero-order valence-electron chi connectivity index (χ0n) is 12.5. The topological polar surface area (TPSA) is 88.5 Å². The molecular formula is C16H16N4O3. The van der Waals surface area contributed by atoms with E-state index in [-0.39, 0.29) is 12.3 Å². The van der Waals surface area contributed by atoms with Crippen LogP contribution in [0.3, 0.4) is 0 Å². The molecule has 1 atom stereocenters. The first kappa shape index (κ1) is 14.8. The van der Waals surface area contributed by atoms with Gasteiger partial charge < -0.3 is 19.4 Å². The number of esters is 1. The Labute approximate surface area is 132 Å². The third-order valence-electron chi connectivity index (χ3n) is 3.57. The van der Waals surface area contributed by atoms with E-state index in [1.807, 2.05) is 24.3 Å². The average Bonchev–Trinajstić information content (AvgIpc) is 3.22. The van der Waals surface area contributed by atoms with Gasteiger partial charge in [-0.05, 0) is 24.3 Å². The number of pyridine rings is 1. The minimum absolute atomic E-state index is 0.279. The highest BCUT2D eigenvalue weighted by Crippen LogP contribution is 2.10. The molecule has 23 heavy (non-hydrogen) atoms. The predicted molar refractivity (Wildman–Crippen MR) is 83.0 cm³/mol. The maximum absolute atomic E-state index is 12.5. The number of ether oxygens (including phenoxy) is 1. The third kappa shape index (κ3) is 3.08. The van der Waals surface area contributed by atoms with Gasteiger partial charge in [-0.3, -0.25) is 4.79 Å². The maximum atomic E-state index is 12.5. The number of H-pyrrole nitrogens is 1. The molecule has 2 N–H and O–H groups in total. The normalized spacial score (nSPS) is 12.0. The lowest BCUT2D eigenvalue weighted by Gasteiger charge is -2.15. The third-order valence-corrected chi connectivity index (χ3v) is 3.57. The van der Waals surface area contributed by atoms with Gasteiger partial charge in [-0.15, -0.1) is 0 Å². The monoisotopic (exact) mass is 312 g/mol. The Kier molecular flexibility index (Phi) is 4.09. The second-order valence-electron chi connectivity index (χ2n) is 5.04. The molecule has 7 heteroatoms. The summed E-state index contributed by atoms with van der Waals surface area (Å²) in [5, 5.41) is 2.72. The quantitative estimate of drug-likeness (QED) is 0.692. The molecule has 0 aromatic carbocycles. The Balaban J connectivity index is 1.81. The predicted octanol–water partition coefficient (Wildman–Crippen LogP) is 1.18. The molecule has 0 aliphatic rings. The number of fused-ring (bicyclic) bond motifs is 1. The standard InChI is InChI=1S/C16H16N4O3/c1-23-16(22)13(8-11-9-17-10-18-11)19-15(21)14-6-5-12-4-2-3-7-20(12)14/h2-7,9-10,13H,8H2,1H3,(H,17,18)(H,19,21)/t13-/m0/s1. The SMILES string of the molecule is COC(=O)[C@H](Cc1cnc[nH]1)NC(=O)c1ccc2ccccn12. The van der Waals surface area contributed by atoms with Crippen LogP contribution in [0, 0.1) is 0 Å². The van der Waals surface area contributed by atoms with Gasteiger partial charge in [-0.1, -0.05) is 6.07 Å². The lowest BCUT2D eigenvalue weighted by Crippen LogP contribution is -2.43. The van der Waals surface area contributed by atoms with Gasteiger partial charge in [0.2, 0.25) is 0 Å². The van der Waals surface area contributed by atoms with E-state index >= 15 is 0 Å².